The van der Waals surface area contributed by atoms with Gasteiger partial charge in [0.05, 0.1) is 17.5 Å². The molecule has 0 heterocycles. The molecule has 0 saturated heterocycles. The van der Waals surface area contributed by atoms with Gasteiger partial charge in [-0.15, -0.1) is 0 Å². The quantitative estimate of drug-likeness (QED) is 0.352. The molecule has 1 amide bonds. The number of phenolic OH excluding ortho intramolecular Hbond substituents is 1. The van der Waals surface area contributed by atoms with Gasteiger partial charge in [0, 0.05) is 48.6 Å². The van der Waals surface area contributed by atoms with Gasteiger partial charge in [-0.05, 0) is 69.8 Å². The van der Waals surface area contributed by atoms with E-state index in [0.29, 0.717) is 17.5 Å². The molecule has 0 aliphatic heterocycles. The number of rotatable bonds is 6. The van der Waals surface area contributed by atoms with Gasteiger partial charge in [0.15, 0.2) is 34.7 Å². The molecule has 3 fully saturated rings. The minimum Gasteiger partial charge on any atom is -0.507 e. The predicted octanol–water partition coefficient (Wildman–Crippen LogP) is 0.728. The van der Waals surface area contributed by atoms with Crippen LogP contribution >= 0.6 is 0 Å². The zero-order chi connectivity index (χ0) is 31.3. The first-order valence-electron chi connectivity index (χ1n) is 14.7. The van der Waals surface area contributed by atoms with Gasteiger partial charge in [-0.25, -0.2) is 0 Å². The number of phenols is 1. The number of nitrogens with zero attached hydrogens (tertiary/aromatic N) is 2. The predicted molar refractivity (Wildman–Crippen MR) is 158 cm³/mol. The van der Waals surface area contributed by atoms with Crippen LogP contribution in [0.4, 0.5) is 5.69 Å². The molecule has 0 radical (unpaired) electrons. The molecule has 0 bridgehead atoms. The van der Waals surface area contributed by atoms with Crippen molar-refractivity contribution < 1.29 is 34.2 Å². The zero-order valence-electron chi connectivity index (χ0n) is 25.1. The van der Waals surface area contributed by atoms with Crippen LogP contribution in [-0.4, -0.2) is 89.5 Å². The third-order valence-electron chi connectivity index (χ3n) is 10.2. The molecule has 11 nitrogen and oxygen atoms in total. The number of nitrogens with two attached hydrogens (primary N) is 1. The number of Topliss-reactive ketones (excluding diaryl/α,β-unsaturated/α-hetero) is 4. The number of hydrogen-bond acceptors (Lipinski definition) is 10. The van der Waals surface area contributed by atoms with Crippen LogP contribution < -0.4 is 16.0 Å². The van der Waals surface area contributed by atoms with Crippen LogP contribution in [0, 0.1) is 23.7 Å². The number of aliphatic hydroxyl groups is 1. The van der Waals surface area contributed by atoms with Crippen LogP contribution in [0.15, 0.2) is 18.2 Å². The SMILES string of the molecule is CN(C)c1c2c(c(O)c3cc(CNC4(C)CC4)ccc13)C(=O)C1C(=O)[C@]3(O)C(=O)C(C(N)=O)C(=O)[C@@H](N(C)C)[C@@H]3C[C@@H]1C2. The Balaban J connectivity index is 1.49. The van der Waals surface area contributed by atoms with Crippen molar-refractivity contribution in [3.63, 3.8) is 0 Å². The summed E-state index contributed by atoms with van der Waals surface area (Å²) in [6, 6.07) is 4.64. The minimum absolute atomic E-state index is 0.00191. The molecule has 3 saturated carbocycles. The number of anilines is 1. The number of carbonyl (C=O) groups is 5. The highest BCUT2D eigenvalue weighted by molar-refractivity contribution is 6.32. The number of carbonyl (C=O) groups excluding carboxylic acids is 5. The Morgan fingerprint density at radius 2 is 1.74 bits per heavy atom. The Labute approximate surface area is 249 Å². The zero-order valence-corrected chi connectivity index (χ0v) is 25.1. The Bertz CT molecular complexity index is 1630. The minimum atomic E-state index is -2.74. The lowest BCUT2D eigenvalue weighted by Crippen LogP contribution is -2.74. The lowest BCUT2D eigenvalue weighted by molar-refractivity contribution is -0.181. The molecule has 11 heteroatoms. The second kappa shape index (κ2) is 9.67. The summed E-state index contributed by atoms with van der Waals surface area (Å²) in [5.74, 6) is -10.5. The molecule has 2 aromatic carbocycles. The Morgan fingerprint density at radius 1 is 1.07 bits per heavy atom. The molecular formula is C32H38N4O7. The first-order valence-corrected chi connectivity index (χ1v) is 14.7. The van der Waals surface area contributed by atoms with E-state index < -0.39 is 64.4 Å². The Kier molecular flexibility index (Phi) is 6.61. The molecule has 2 aromatic rings. The number of fused-ring (bicyclic) bond motifs is 4. The van der Waals surface area contributed by atoms with E-state index in [1.54, 1.807) is 14.1 Å². The molecule has 43 heavy (non-hydrogen) atoms. The Hall–Kier alpha value is -3.67. The average Bonchev–Trinajstić information content (AvgIpc) is 3.66. The smallest absolute Gasteiger partial charge is 0.235 e. The van der Waals surface area contributed by atoms with Gasteiger partial charge in [0.2, 0.25) is 5.91 Å². The van der Waals surface area contributed by atoms with Gasteiger partial charge in [-0.1, -0.05) is 12.1 Å². The topological polar surface area (TPSA) is 170 Å². The van der Waals surface area contributed by atoms with Gasteiger partial charge >= 0.3 is 0 Å². The first kappa shape index (κ1) is 29.4. The van der Waals surface area contributed by atoms with E-state index in [9.17, 15) is 34.2 Å². The number of ketones is 4. The van der Waals surface area contributed by atoms with Crippen molar-refractivity contribution in [2.75, 3.05) is 33.1 Å². The van der Waals surface area contributed by atoms with Crippen LogP contribution in [0.25, 0.3) is 10.8 Å². The van der Waals surface area contributed by atoms with Gasteiger partial charge in [-0.3, -0.25) is 28.9 Å². The highest BCUT2D eigenvalue weighted by Gasteiger charge is 2.69. The molecule has 4 aliphatic carbocycles. The Morgan fingerprint density at radius 3 is 2.33 bits per heavy atom. The van der Waals surface area contributed by atoms with Crippen molar-refractivity contribution in [3.8, 4) is 5.75 Å². The molecule has 0 aromatic heterocycles. The van der Waals surface area contributed by atoms with Crippen molar-refractivity contribution in [2.24, 2.45) is 29.4 Å². The van der Waals surface area contributed by atoms with Crippen LogP contribution in [0.5, 0.6) is 5.75 Å². The molecule has 228 valence electrons. The molecule has 5 N–H and O–H groups in total. The van der Waals surface area contributed by atoms with E-state index in [1.807, 2.05) is 37.2 Å². The summed E-state index contributed by atoms with van der Waals surface area (Å²) in [6.45, 7) is 2.74. The number of primary amides is 1. The molecule has 6 rings (SSSR count). The highest BCUT2D eigenvalue weighted by atomic mass is 16.3. The van der Waals surface area contributed by atoms with Gasteiger partial charge < -0.3 is 26.2 Å². The fourth-order valence-electron chi connectivity index (χ4n) is 7.80. The summed E-state index contributed by atoms with van der Waals surface area (Å²) in [4.78, 5) is 70.8. The average molecular weight is 591 g/mol. The van der Waals surface area contributed by atoms with E-state index in [1.165, 1.54) is 4.90 Å². The van der Waals surface area contributed by atoms with Crippen molar-refractivity contribution in [2.45, 2.75) is 56.3 Å². The second-order valence-corrected chi connectivity index (χ2v) is 13.5. The molecule has 0 spiro atoms. The fourth-order valence-corrected chi connectivity index (χ4v) is 7.80. The summed E-state index contributed by atoms with van der Waals surface area (Å²) in [7, 11) is 6.83. The fraction of sp³-hybridized carbons (Fsp3) is 0.531. The van der Waals surface area contributed by atoms with Gasteiger partial charge in [0.25, 0.3) is 0 Å². The van der Waals surface area contributed by atoms with Crippen molar-refractivity contribution in [3.05, 3.63) is 34.9 Å². The number of benzene rings is 2. The lowest BCUT2D eigenvalue weighted by atomic mass is 9.52. The van der Waals surface area contributed by atoms with Crippen LogP contribution in [0.1, 0.15) is 47.7 Å². The van der Waals surface area contributed by atoms with Crippen molar-refractivity contribution in [1.82, 2.24) is 10.2 Å². The van der Waals surface area contributed by atoms with Crippen molar-refractivity contribution >= 4 is 45.5 Å². The highest BCUT2D eigenvalue weighted by Crippen LogP contribution is 2.53. The van der Waals surface area contributed by atoms with Crippen LogP contribution in [-0.2, 0) is 32.1 Å². The molecule has 2 unspecified atom stereocenters. The number of likely N-dealkylation sites (N-methyl/N-ethyl adjacent to an activating group) is 1. The first-order chi connectivity index (χ1) is 20.1. The number of hydrogen-bond donors (Lipinski definition) is 4. The number of nitrogens with one attached hydrogen (secondary N) is 1. The third-order valence-corrected chi connectivity index (χ3v) is 10.2. The van der Waals surface area contributed by atoms with Crippen LogP contribution in [0.2, 0.25) is 0 Å². The summed E-state index contributed by atoms with van der Waals surface area (Å²) < 4.78 is 0. The van der Waals surface area contributed by atoms with Gasteiger partial charge in [-0.2, -0.15) is 0 Å². The van der Waals surface area contributed by atoms with Gasteiger partial charge in [0.1, 0.15) is 5.75 Å². The maximum atomic E-state index is 14.3. The molecule has 4 aliphatic rings. The monoisotopic (exact) mass is 590 g/mol. The molecular weight excluding hydrogens is 552 g/mol. The third kappa shape index (κ3) is 4.16. The van der Waals surface area contributed by atoms with E-state index in [-0.39, 0.29) is 29.7 Å². The largest absolute Gasteiger partial charge is 0.507 e. The van der Waals surface area contributed by atoms with E-state index in [2.05, 4.69) is 12.2 Å². The molecule has 6 atom stereocenters. The summed E-state index contributed by atoms with van der Waals surface area (Å²) in [5.41, 5.74) is 5.02. The van der Waals surface area contributed by atoms with E-state index in [4.69, 9.17) is 5.73 Å². The summed E-state index contributed by atoms with van der Waals surface area (Å²) >= 11 is 0. The number of aromatic hydroxyl groups is 1. The van der Waals surface area contributed by atoms with E-state index in [0.717, 1.165) is 29.5 Å². The standard InChI is InChI=1S/C32H38N4O7/c1-31(8-9-31)34-13-14-6-7-16-17(10-14)25(37)21-18(23(16)35(2)3)11-15-12-19-24(36(4)5)27(39)22(30(33)42)29(41)32(19,43)28(40)20(15)26(21)38/h6-7,10,15,19-20,22,24,34,37,43H,8-9,11-13H2,1-5H3,(H2,33,42)/t15-,19-,20?,22?,24-,32-/m0/s1. The summed E-state index contributed by atoms with van der Waals surface area (Å²) in [5, 5.41) is 28.2. The summed E-state index contributed by atoms with van der Waals surface area (Å²) in [6.07, 6.45) is 2.41. The van der Waals surface area contributed by atoms with Crippen molar-refractivity contribution in [1.29, 1.82) is 0 Å². The second-order valence-electron chi connectivity index (χ2n) is 13.5. The van der Waals surface area contributed by atoms with Crippen LogP contribution in [0.3, 0.4) is 0 Å². The normalized spacial score (nSPS) is 31.1. The lowest BCUT2D eigenvalue weighted by Gasteiger charge is -2.52. The number of amides is 1. The maximum absolute atomic E-state index is 14.3. The van der Waals surface area contributed by atoms with E-state index >= 15 is 0 Å². The maximum Gasteiger partial charge on any atom is 0.235 e.